The molecular weight excluding hydrogens is 224 g/mol. The highest BCUT2D eigenvalue weighted by Crippen LogP contribution is 2.16. The molecule has 3 heteroatoms. The molecule has 0 fully saturated rings. The number of anilines is 1. The summed E-state index contributed by atoms with van der Waals surface area (Å²) in [7, 11) is 1.68. The molecule has 0 aliphatic heterocycles. The Labute approximate surface area is 108 Å². The van der Waals surface area contributed by atoms with Crippen molar-refractivity contribution in [1.82, 2.24) is 5.43 Å². The fourth-order valence-electron chi connectivity index (χ4n) is 1.76. The van der Waals surface area contributed by atoms with Gasteiger partial charge >= 0.3 is 0 Å². The average molecular weight is 242 g/mol. The highest BCUT2D eigenvalue weighted by molar-refractivity contribution is 5.41. The van der Waals surface area contributed by atoms with Gasteiger partial charge in [0.05, 0.1) is 7.11 Å². The lowest BCUT2D eigenvalue weighted by atomic mass is 10.1. The van der Waals surface area contributed by atoms with Gasteiger partial charge in [-0.3, -0.25) is 0 Å². The molecule has 2 N–H and O–H groups in total. The number of ether oxygens (including phenoxy) is 1. The number of hydrogen-bond acceptors (Lipinski definition) is 3. The summed E-state index contributed by atoms with van der Waals surface area (Å²) in [5, 5.41) is 0. The van der Waals surface area contributed by atoms with E-state index >= 15 is 0 Å². The SMILES string of the molecule is COc1ccc(CNNc2ccccc2)c(C)c1. The van der Waals surface area contributed by atoms with Crippen LogP contribution in [0.25, 0.3) is 0 Å². The number of hydrazine groups is 1. The number of para-hydroxylation sites is 1. The van der Waals surface area contributed by atoms with Crippen LogP contribution in [0.1, 0.15) is 11.1 Å². The Bertz CT molecular complexity index is 497. The molecule has 0 aliphatic carbocycles. The van der Waals surface area contributed by atoms with Crippen LogP contribution in [0.2, 0.25) is 0 Å². The van der Waals surface area contributed by atoms with Crippen LogP contribution in [-0.2, 0) is 6.54 Å². The molecule has 0 unspecified atom stereocenters. The molecule has 3 nitrogen and oxygen atoms in total. The smallest absolute Gasteiger partial charge is 0.119 e. The maximum atomic E-state index is 5.19. The van der Waals surface area contributed by atoms with Crippen LogP contribution in [0, 0.1) is 6.92 Å². The molecule has 2 aromatic rings. The van der Waals surface area contributed by atoms with Crippen molar-refractivity contribution in [3.05, 3.63) is 59.7 Å². The van der Waals surface area contributed by atoms with E-state index in [1.807, 2.05) is 42.5 Å². The van der Waals surface area contributed by atoms with Crippen LogP contribution in [-0.4, -0.2) is 7.11 Å². The van der Waals surface area contributed by atoms with Crippen LogP contribution in [0.3, 0.4) is 0 Å². The first-order valence-electron chi connectivity index (χ1n) is 5.97. The standard InChI is InChI=1S/C15H18N2O/c1-12-10-15(18-2)9-8-13(12)11-16-17-14-6-4-3-5-7-14/h3-10,16-17H,11H2,1-2H3. The van der Waals surface area contributed by atoms with Gasteiger partial charge in [-0.1, -0.05) is 24.3 Å². The van der Waals surface area contributed by atoms with Crippen molar-refractivity contribution in [2.75, 3.05) is 12.5 Å². The predicted molar refractivity (Wildman–Crippen MR) is 74.6 cm³/mol. The number of benzene rings is 2. The van der Waals surface area contributed by atoms with Gasteiger partial charge in [0.1, 0.15) is 5.75 Å². The van der Waals surface area contributed by atoms with Crippen LogP contribution in [0.15, 0.2) is 48.5 Å². The summed E-state index contributed by atoms with van der Waals surface area (Å²) in [5.74, 6) is 0.896. The molecule has 0 spiro atoms. The van der Waals surface area contributed by atoms with Crippen LogP contribution < -0.4 is 15.6 Å². The largest absolute Gasteiger partial charge is 0.497 e. The molecule has 0 radical (unpaired) electrons. The molecule has 0 bridgehead atoms. The minimum absolute atomic E-state index is 0.769. The Balaban J connectivity index is 1.91. The summed E-state index contributed by atoms with van der Waals surface area (Å²) in [4.78, 5) is 0. The van der Waals surface area contributed by atoms with Crippen molar-refractivity contribution in [1.29, 1.82) is 0 Å². The highest BCUT2D eigenvalue weighted by atomic mass is 16.5. The second kappa shape index (κ2) is 6.07. The van der Waals surface area contributed by atoms with Gasteiger partial charge in [-0.05, 0) is 42.3 Å². The van der Waals surface area contributed by atoms with Gasteiger partial charge in [-0.15, -0.1) is 0 Å². The first-order chi connectivity index (χ1) is 8.79. The molecule has 0 atom stereocenters. The molecule has 0 aromatic heterocycles. The van der Waals surface area contributed by atoms with E-state index in [9.17, 15) is 0 Å². The van der Waals surface area contributed by atoms with Crippen molar-refractivity contribution < 1.29 is 4.74 Å². The number of hydrogen-bond donors (Lipinski definition) is 2. The number of methoxy groups -OCH3 is 1. The lowest BCUT2D eigenvalue weighted by Gasteiger charge is -2.11. The molecule has 18 heavy (non-hydrogen) atoms. The van der Waals surface area contributed by atoms with E-state index in [-0.39, 0.29) is 0 Å². The van der Waals surface area contributed by atoms with E-state index in [1.165, 1.54) is 11.1 Å². The Morgan fingerprint density at radius 3 is 2.50 bits per heavy atom. The molecular formula is C15H18N2O. The molecule has 0 aliphatic rings. The zero-order valence-corrected chi connectivity index (χ0v) is 10.7. The van der Waals surface area contributed by atoms with Gasteiger partial charge < -0.3 is 10.2 Å². The van der Waals surface area contributed by atoms with Crippen molar-refractivity contribution >= 4 is 5.69 Å². The minimum atomic E-state index is 0.769. The van der Waals surface area contributed by atoms with Crippen molar-refractivity contribution in [3.8, 4) is 5.75 Å². The summed E-state index contributed by atoms with van der Waals surface area (Å²) in [6.45, 7) is 2.85. The van der Waals surface area contributed by atoms with Crippen molar-refractivity contribution in [2.24, 2.45) is 0 Å². The third-order valence-corrected chi connectivity index (χ3v) is 2.84. The maximum Gasteiger partial charge on any atom is 0.119 e. The van der Waals surface area contributed by atoms with Crippen LogP contribution in [0.4, 0.5) is 5.69 Å². The van der Waals surface area contributed by atoms with Crippen molar-refractivity contribution in [3.63, 3.8) is 0 Å². The predicted octanol–water partition coefficient (Wildman–Crippen LogP) is 3.12. The lowest BCUT2D eigenvalue weighted by Crippen LogP contribution is -2.21. The van der Waals surface area contributed by atoms with E-state index in [0.717, 1.165) is 18.0 Å². The summed E-state index contributed by atoms with van der Waals surface area (Å²) in [6, 6.07) is 16.1. The summed E-state index contributed by atoms with van der Waals surface area (Å²) < 4.78 is 5.19. The zero-order valence-electron chi connectivity index (χ0n) is 10.7. The number of nitrogens with one attached hydrogen (secondary N) is 2. The van der Waals surface area contributed by atoms with E-state index < -0.39 is 0 Å². The summed E-state index contributed by atoms with van der Waals surface area (Å²) >= 11 is 0. The number of aryl methyl sites for hydroxylation is 1. The Hall–Kier alpha value is -2.00. The molecule has 0 saturated heterocycles. The zero-order chi connectivity index (χ0) is 12.8. The van der Waals surface area contributed by atoms with Gasteiger partial charge in [0.2, 0.25) is 0 Å². The third-order valence-electron chi connectivity index (χ3n) is 2.84. The van der Waals surface area contributed by atoms with Gasteiger partial charge in [-0.2, -0.15) is 0 Å². The minimum Gasteiger partial charge on any atom is -0.497 e. The fourth-order valence-corrected chi connectivity index (χ4v) is 1.76. The summed E-state index contributed by atoms with van der Waals surface area (Å²) in [6.07, 6.45) is 0. The molecule has 2 aromatic carbocycles. The molecule has 0 saturated carbocycles. The molecule has 0 amide bonds. The first-order valence-corrected chi connectivity index (χ1v) is 5.97. The molecule has 94 valence electrons. The fraction of sp³-hybridized carbons (Fsp3) is 0.200. The van der Waals surface area contributed by atoms with E-state index in [4.69, 9.17) is 4.74 Å². The van der Waals surface area contributed by atoms with Gasteiger partial charge in [-0.25, -0.2) is 5.43 Å². The average Bonchev–Trinajstić information content (AvgIpc) is 2.42. The Morgan fingerprint density at radius 2 is 1.83 bits per heavy atom. The van der Waals surface area contributed by atoms with Crippen LogP contribution >= 0.6 is 0 Å². The van der Waals surface area contributed by atoms with E-state index in [1.54, 1.807) is 7.11 Å². The maximum absolute atomic E-state index is 5.19. The van der Waals surface area contributed by atoms with Gasteiger partial charge in [0.25, 0.3) is 0 Å². The second-order valence-electron chi connectivity index (χ2n) is 4.14. The normalized spacial score (nSPS) is 10.1. The summed E-state index contributed by atoms with van der Waals surface area (Å²) in [5.41, 5.74) is 9.90. The lowest BCUT2D eigenvalue weighted by molar-refractivity contribution is 0.414. The second-order valence-corrected chi connectivity index (χ2v) is 4.14. The van der Waals surface area contributed by atoms with E-state index in [0.29, 0.717) is 0 Å². The molecule has 0 heterocycles. The van der Waals surface area contributed by atoms with Crippen molar-refractivity contribution in [2.45, 2.75) is 13.5 Å². The first kappa shape index (κ1) is 12.5. The third kappa shape index (κ3) is 3.25. The Morgan fingerprint density at radius 1 is 1.06 bits per heavy atom. The van der Waals surface area contributed by atoms with Gasteiger partial charge in [0.15, 0.2) is 0 Å². The monoisotopic (exact) mass is 242 g/mol. The van der Waals surface area contributed by atoms with E-state index in [2.05, 4.69) is 23.8 Å². The van der Waals surface area contributed by atoms with Gasteiger partial charge in [0, 0.05) is 12.2 Å². The number of rotatable bonds is 5. The Kier molecular flexibility index (Phi) is 4.20. The van der Waals surface area contributed by atoms with Crippen LogP contribution in [0.5, 0.6) is 5.75 Å². The topological polar surface area (TPSA) is 33.3 Å². The highest BCUT2D eigenvalue weighted by Gasteiger charge is 1.99. The molecule has 2 rings (SSSR count). The quantitative estimate of drug-likeness (QED) is 0.790.